The molecule has 0 radical (unpaired) electrons. The number of phenolic OH excluding ortho intramolecular Hbond substituents is 1. The summed E-state index contributed by atoms with van der Waals surface area (Å²) >= 11 is 0. The zero-order valence-electron chi connectivity index (χ0n) is 14.1. The fourth-order valence-corrected chi connectivity index (χ4v) is 4.08. The van der Waals surface area contributed by atoms with Crippen LogP contribution in [0.15, 0.2) is 24.3 Å². The molecular weight excluding hydrogens is 272 g/mol. The number of hydrogen-bond acceptors (Lipinski definition) is 2. The maximum atomic E-state index is 10.6. The molecule has 0 saturated carbocycles. The molecule has 0 amide bonds. The molecule has 2 aliphatic rings. The van der Waals surface area contributed by atoms with Gasteiger partial charge in [0.2, 0.25) is 0 Å². The molecule has 1 aliphatic carbocycles. The van der Waals surface area contributed by atoms with E-state index in [9.17, 15) is 5.11 Å². The molecule has 1 aliphatic heterocycles. The van der Waals surface area contributed by atoms with Crippen LogP contribution in [0.3, 0.4) is 0 Å². The van der Waals surface area contributed by atoms with Crippen molar-refractivity contribution in [3.8, 4) is 11.5 Å². The number of allylic oxidation sites excluding steroid dienone is 2. The van der Waals surface area contributed by atoms with E-state index >= 15 is 0 Å². The van der Waals surface area contributed by atoms with E-state index in [1.54, 1.807) is 0 Å². The van der Waals surface area contributed by atoms with Crippen LogP contribution < -0.4 is 4.74 Å². The van der Waals surface area contributed by atoms with Gasteiger partial charge >= 0.3 is 0 Å². The van der Waals surface area contributed by atoms with Crippen LogP contribution >= 0.6 is 0 Å². The predicted molar refractivity (Wildman–Crippen MR) is 90.6 cm³/mol. The second-order valence-electron chi connectivity index (χ2n) is 7.33. The molecule has 22 heavy (non-hydrogen) atoms. The van der Waals surface area contributed by atoms with Crippen molar-refractivity contribution in [1.82, 2.24) is 0 Å². The van der Waals surface area contributed by atoms with Gasteiger partial charge in [-0.3, -0.25) is 0 Å². The molecule has 0 fully saturated rings. The minimum atomic E-state index is -0.170. The first-order chi connectivity index (χ1) is 10.5. The summed E-state index contributed by atoms with van der Waals surface area (Å²) in [7, 11) is 0. The molecule has 1 N–H and O–H groups in total. The minimum absolute atomic E-state index is 0.170. The molecule has 0 spiro atoms. The normalized spacial score (nSPS) is 25.2. The summed E-state index contributed by atoms with van der Waals surface area (Å²) in [5.41, 5.74) is 2.02. The molecule has 1 aromatic carbocycles. The Labute approximate surface area is 134 Å². The zero-order valence-corrected chi connectivity index (χ0v) is 14.1. The van der Waals surface area contributed by atoms with Crippen LogP contribution in [0.25, 0.3) is 0 Å². The Hall–Kier alpha value is -1.44. The molecule has 2 heteroatoms. The highest BCUT2D eigenvalue weighted by atomic mass is 16.5. The lowest BCUT2D eigenvalue weighted by Crippen LogP contribution is -2.44. The summed E-state index contributed by atoms with van der Waals surface area (Å²) < 4.78 is 6.32. The van der Waals surface area contributed by atoms with Crippen LogP contribution in [0.1, 0.15) is 69.9 Å². The van der Waals surface area contributed by atoms with Crippen LogP contribution in [0, 0.1) is 5.92 Å². The molecule has 120 valence electrons. The van der Waals surface area contributed by atoms with E-state index in [0.29, 0.717) is 11.7 Å². The van der Waals surface area contributed by atoms with Crippen molar-refractivity contribution in [2.24, 2.45) is 5.92 Å². The summed E-state index contributed by atoms with van der Waals surface area (Å²) in [6.07, 6.45) is 11.4. The van der Waals surface area contributed by atoms with Gasteiger partial charge in [0.05, 0.1) is 0 Å². The molecule has 1 unspecified atom stereocenters. The first-order valence-electron chi connectivity index (χ1n) is 8.74. The van der Waals surface area contributed by atoms with Crippen LogP contribution in [-0.2, 0) is 6.42 Å². The number of phenols is 1. The zero-order chi connectivity index (χ0) is 15.7. The maximum Gasteiger partial charge on any atom is 0.127 e. The van der Waals surface area contributed by atoms with Crippen molar-refractivity contribution >= 4 is 0 Å². The van der Waals surface area contributed by atoms with Gasteiger partial charge in [-0.2, -0.15) is 0 Å². The summed E-state index contributed by atoms with van der Waals surface area (Å²) in [6, 6.07) is 4.11. The lowest BCUT2D eigenvalue weighted by molar-refractivity contribution is 0.0115. The molecule has 3 rings (SSSR count). The smallest absolute Gasteiger partial charge is 0.127 e. The van der Waals surface area contributed by atoms with Crippen molar-refractivity contribution in [3.05, 3.63) is 35.4 Å². The lowest BCUT2D eigenvalue weighted by atomic mass is 9.69. The van der Waals surface area contributed by atoms with Crippen LogP contribution in [0.4, 0.5) is 0 Å². The average Bonchev–Trinajstić information content (AvgIpc) is 2.46. The largest absolute Gasteiger partial charge is 0.507 e. The second-order valence-corrected chi connectivity index (χ2v) is 7.33. The van der Waals surface area contributed by atoms with E-state index in [4.69, 9.17) is 4.74 Å². The van der Waals surface area contributed by atoms with Crippen molar-refractivity contribution in [2.45, 2.75) is 70.8 Å². The van der Waals surface area contributed by atoms with E-state index < -0.39 is 0 Å². The average molecular weight is 300 g/mol. The quantitative estimate of drug-likeness (QED) is 0.600. The maximum absolute atomic E-state index is 10.6. The van der Waals surface area contributed by atoms with Crippen LogP contribution in [0.2, 0.25) is 0 Å². The van der Waals surface area contributed by atoms with Gasteiger partial charge in [0.15, 0.2) is 0 Å². The molecular formula is C20H28O2. The van der Waals surface area contributed by atoms with Gasteiger partial charge in [0.25, 0.3) is 0 Å². The molecule has 2 atom stereocenters. The Balaban J connectivity index is 1.96. The Morgan fingerprint density at radius 3 is 2.86 bits per heavy atom. The highest BCUT2D eigenvalue weighted by Gasteiger charge is 2.44. The number of aryl methyl sites for hydroxylation is 1. The first-order valence-corrected chi connectivity index (χ1v) is 8.74. The van der Waals surface area contributed by atoms with Gasteiger partial charge in [-0.05, 0) is 57.2 Å². The third kappa shape index (κ3) is 2.76. The molecule has 1 aromatic rings. The number of rotatable bonds is 4. The van der Waals surface area contributed by atoms with Crippen molar-refractivity contribution in [3.63, 3.8) is 0 Å². The van der Waals surface area contributed by atoms with Crippen molar-refractivity contribution < 1.29 is 9.84 Å². The number of fused-ring (bicyclic) bond motifs is 3. The van der Waals surface area contributed by atoms with Gasteiger partial charge in [0.1, 0.15) is 17.1 Å². The van der Waals surface area contributed by atoms with Gasteiger partial charge in [-0.25, -0.2) is 0 Å². The Morgan fingerprint density at radius 1 is 1.27 bits per heavy atom. The highest BCUT2D eigenvalue weighted by molar-refractivity contribution is 5.53. The van der Waals surface area contributed by atoms with Crippen LogP contribution in [-0.4, -0.2) is 10.7 Å². The van der Waals surface area contributed by atoms with E-state index in [2.05, 4.69) is 39.0 Å². The third-order valence-electron chi connectivity index (χ3n) is 5.27. The third-order valence-corrected chi connectivity index (χ3v) is 5.27. The molecule has 1 heterocycles. The summed E-state index contributed by atoms with van der Waals surface area (Å²) in [5, 5.41) is 10.6. The molecule has 0 saturated heterocycles. The van der Waals surface area contributed by atoms with Crippen molar-refractivity contribution in [1.29, 1.82) is 0 Å². The fraction of sp³-hybridized carbons (Fsp3) is 0.600. The Bertz CT molecular complexity index is 571. The highest BCUT2D eigenvalue weighted by Crippen LogP contribution is 2.52. The Kier molecular flexibility index (Phi) is 4.20. The Morgan fingerprint density at radius 2 is 2.09 bits per heavy atom. The van der Waals surface area contributed by atoms with Crippen LogP contribution in [0.5, 0.6) is 11.5 Å². The molecule has 0 bridgehead atoms. The van der Waals surface area contributed by atoms with Gasteiger partial charge in [-0.1, -0.05) is 31.9 Å². The first kappa shape index (κ1) is 15.5. The molecule has 2 nitrogen and oxygen atoms in total. The number of ether oxygens (including phenoxy) is 1. The van der Waals surface area contributed by atoms with Crippen molar-refractivity contribution in [2.75, 3.05) is 0 Å². The number of benzene rings is 1. The monoisotopic (exact) mass is 300 g/mol. The summed E-state index contributed by atoms with van der Waals surface area (Å²) in [4.78, 5) is 0. The van der Waals surface area contributed by atoms with Gasteiger partial charge < -0.3 is 9.84 Å². The van der Waals surface area contributed by atoms with E-state index in [-0.39, 0.29) is 11.5 Å². The minimum Gasteiger partial charge on any atom is -0.507 e. The summed E-state index contributed by atoms with van der Waals surface area (Å²) in [6.45, 7) is 6.59. The van der Waals surface area contributed by atoms with E-state index in [1.165, 1.54) is 24.8 Å². The number of unbranched alkanes of at least 4 members (excludes halogenated alkanes) is 2. The SMILES string of the molecule is CCCCCc1cc(O)c2c(c1)OC(C)(C)[C@@H]1CCC=CC21. The predicted octanol–water partition coefficient (Wildman–Crippen LogP) is 5.35. The standard InChI is InChI=1S/C20H28O2/c1-4-5-6-9-14-12-17(21)19-15-10-7-8-11-16(15)20(2,3)22-18(19)13-14/h7,10,12-13,15-16,21H,4-6,8-9,11H2,1-3H3/t15?,16-/m1/s1. The fourth-order valence-electron chi connectivity index (χ4n) is 4.08. The van der Waals surface area contributed by atoms with E-state index in [1.807, 2.05) is 6.07 Å². The topological polar surface area (TPSA) is 29.5 Å². The second kappa shape index (κ2) is 5.98. The van der Waals surface area contributed by atoms with E-state index in [0.717, 1.165) is 30.6 Å². The summed E-state index contributed by atoms with van der Waals surface area (Å²) in [5.74, 6) is 2.05. The molecule has 0 aromatic heterocycles. The number of aromatic hydroxyl groups is 1. The van der Waals surface area contributed by atoms with Gasteiger partial charge in [-0.15, -0.1) is 0 Å². The number of hydrogen-bond donors (Lipinski definition) is 1. The lowest BCUT2D eigenvalue weighted by Gasteiger charge is -2.45. The van der Waals surface area contributed by atoms with Gasteiger partial charge in [0, 0.05) is 17.4 Å².